The van der Waals surface area contributed by atoms with Crippen LogP contribution in [0.4, 0.5) is 0 Å². The van der Waals surface area contributed by atoms with E-state index in [1.165, 1.54) is 6.92 Å². The molecule has 0 atom stereocenters. The third-order valence-corrected chi connectivity index (χ3v) is 2.58. The zero-order chi connectivity index (χ0) is 11.5. The molecular weight excluding hydrogens is 202 g/mol. The number of H-pyrrole nitrogens is 1. The van der Waals surface area contributed by atoms with Gasteiger partial charge >= 0.3 is 0 Å². The molecule has 3 heteroatoms. The van der Waals surface area contributed by atoms with E-state index in [1.54, 1.807) is 0 Å². The third-order valence-electron chi connectivity index (χ3n) is 2.58. The van der Waals surface area contributed by atoms with Crippen molar-refractivity contribution in [1.82, 2.24) is 4.98 Å². The Balaban J connectivity index is 2.42. The lowest BCUT2D eigenvalue weighted by Gasteiger charge is -2.01. The van der Waals surface area contributed by atoms with Crippen molar-refractivity contribution in [3.63, 3.8) is 0 Å². The number of fused-ring (bicyclic) bond motifs is 1. The number of Topliss-reactive ketones (excluding diaryl/α,β-unsaturated/α-hetero) is 1. The SMILES string of the molecule is CC(=O)CCc1cc2ccccc2[nH]c1=O. The summed E-state index contributed by atoms with van der Waals surface area (Å²) < 4.78 is 0. The van der Waals surface area contributed by atoms with Gasteiger partial charge < -0.3 is 9.78 Å². The topological polar surface area (TPSA) is 49.9 Å². The van der Waals surface area contributed by atoms with Crippen LogP contribution >= 0.6 is 0 Å². The second-order valence-electron chi connectivity index (χ2n) is 3.91. The molecule has 0 aliphatic heterocycles. The predicted molar refractivity (Wildman–Crippen MR) is 63.6 cm³/mol. The molecule has 0 bridgehead atoms. The van der Waals surface area contributed by atoms with E-state index < -0.39 is 0 Å². The van der Waals surface area contributed by atoms with Crippen molar-refractivity contribution in [3.8, 4) is 0 Å². The Morgan fingerprint density at radius 2 is 2.06 bits per heavy atom. The molecule has 0 fully saturated rings. The molecule has 0 saturated heterocycles. The van der Waals surface area contributed by atoms with Gasteiger partial charge in [0.2, 0.25) is 0 Å². The molecule has 3 nitrogen and oxygen atoms in total. The molecule has 0 saturated carbocycles. The summed E-state index contributed by atoms with van der Waals surface area (Å²) in [5.74, 6) is 0.104. The van der Waals surface area contributed by atoms with Crippen LogP contribution in [-0.2, 0) is 11.2 Å². The molecule has 1 aromatic heterocycles. The summed E-state index contributed by atoms with van der Waals surface area (Å²) >= 11 is 0. The average molecular weight is 215 g/mol. The fraction of sp³-hybridized carbons (Fsp3) is 0.231. The van der Waals surface area contributed by atoms with Gasteiger partial charge in [0.25, 0.3) is 5.56 Å². The van der Waals surface area contributed by atoms with Crippen molar-refractivity contribution in [1.29, 1.82) is 0 Å². The number of hydrogen-bond donors (Lipinski definition) is 1. The van der Waals surface area contributed by atoms with Gasteiger partial charge in [0.1, 0.15) is 5.78 Å². The first-order valence-corrected chi connectivity index (χ1v) is 5.27. The minimum Gasteiger partial charge on any atom is -0.322 e. The fourth-order valence-electron chi connectivity index (χ4n) is 1.69. The van der Waals surface area contributed by atoms with Gasteiger partial charge in [0.05, 0.1) is 0 Å². The zero-order valence-electron chi connectivity index (χ0n) is 9.12. The predicted octanol–water partition coefficient (Wildman–Crippen LogP) is 2.05. The number of pyridine rings is 1. The number of aromatic amines is 1. The number of aromatic nitrogens is 1. The van der Waals surface area contributed by atoms with E-state index in [0.717, 1.165) is 10.9 Å². The van der Waals surface area contributed by atoms with E-state index in [2.05, 4.69) is 4.98 Å². The van der Waals surface area contributed by atoms with Crippen molar-refractivity contribution in [2.75, 3.05) is 0 Å². The summed E-state index contributed by atoms with van der Waals surface area (Å²) in [5.41, 5.74) is 1.41. The van der Waals surface area contributed by atoms with E-state index >= 15 is 0 Å². The van der Waals surface area contributed by atoms with Crippen molar-refractivity contribution in [3.05, 3.63) is 46.2 Å². The molecule has 0 radical (unpaired) electrons. The van der Waals surface area contributed by atoms with E-state index in [9.17, 15) is 9.59 Å². The van der Waals surface area contributed by atoms with Gasteiger partial charge in [-0.1, -0.05) is 18.2 Å². The normalized spacial score (nSPS) is 10.6. The van der Waals surface area contributed by atoms with Crippen molar-refractivity contribution in [2.24, 2.45) is 0 Å². The van der Waals surface area contributed by atoms with Crippen molar-refractivity contribution in [2.45, 2.75) is 19.8 Å². The second-order valence-corrected chi connectivity index (χ2v) is 3.91. The number of carbonyl (C=O) groups is 1. The van der Waals surface area contributed by atoms with E-state index in [0.29, 0.717) is 18.4 Å². The lowest BCUT2D eigenvalue weighted by Crippen LogP contribution is -2.13. The van der Waals surface area contributed by atoms with Crippen LogP contribution in [0.2, 0.25) is 0 Å². The van der Waals surface area contributed by atoms with Crippen molar-refractivity contribution >= 4 is 16.7 Å². The highest BCUT2D eigenvalue weighted by Gasteiger charge is 2.03. The molecule has 0 aliphatic carbocycles. The zero-order valence-corrected chi connectivity index (χ0v) is 9.12. The second kappa shape index (κ2) is 4.31. The number of hydrogen-bond acceptors (Lipinski definition) is 2. The molecule has 0 unspecified atom stereocenters. The first kappa shape index (κ1) is 10.6. The Hall–Kier alpha value is -1.90. The maximum Gasteiger partial charge on any atom is 0.251 e. The number of benzene rings is 1. The largest absolute Gasteiger partial charge is 0.322 e. The number of carbonyl (C=O) groups excluding carboxylic acids is 1. The summed E-state index contributed by atoms with van der Waals surface area (Å²) in [5, 5.41) is 1.00. The summed E-state index contributed by atoms with van der Waals surface area (Å²) in [6, 6.07) is 9.48. The molecule has 2 rings (SSSR count). The molecule has 16 heavy (non-hydrogen) atoms. The molecule has 0 spiro atoms. The molecule has 1 aromatic carbocycles. The van der Waals surface area contributed by atoms with Gasteiger partial charge in [-0.15, -0.1) is 0 Å². The Kier molecular flexibility index (Phi) is 2.86. The monoisotopic (exact) mass is 215 g/mol. The van der Waals surface area contributed by atoms with Crippen LogP contribution in [0.25, 0.3) is 10.9 Å². The summed E-state index contributed by atoms with van der Waals surface area (Å²) in [4.78, 5) is 25.4. The minimum absolute atomic E-state index is 0.0973. The smallest absolute Gasteiger partial charge is 0.251 e. The molecular formula is C13H13NO2. The van der Waals surface area contributed by atoms with Crippen LogP contribution in [0.1, 0.15) is 18.9 Å². The molecule has 1 N–H and O–H groups in total. The van der Waals surface area contributed by atoms with Crippen LogP contribution in [0.3, 0.4) is 0 Å². The fourth-order valence-corrected chi connectivity index (χ4v) is 1.69. The molecule has 1 heterocycles. The summed E-state index contributed by atoms with van der Waals surface area (Å²) in [6.45, 7) is 1.54. The van der Waals surface area contributed by atoms with E-state index in [4.69, 9.17) is 0 Å². The van der Waals surface area contributed by atoms with Crippen molar-refractivity contribution < 1.29 is 4.79 Å². The Morgan fingerprint density at radius 1 is 1.31 bits per heavy atom. The number of aryl methyl sites for hydroxylation is 1. The quantitative estimate of drug-likeness (QED) is 0.851. The van der Waals surface area contributed by atoms with E-state index in [-0.39, 0.29) is 11.3 Å². The molecule has 0 aliphatic rings. The standard InChI is InChI=1S/C13H13NO2/c1-9(15)6-7-11-8-10-4-2-3-5-12(10)14-13(11)16/h2-5,8H,6-7H2,1H3,(H,14,16). The minimum atomic E-state index is -0.0973. The lowest BCUT2D eigenvalue weighted by atomic mass is 10.1. The van der Waals surface area contributed by atoms with Crippen LogP contribution < -0.4 is 5.56 Å². The average Bonchev–Trinajstić information content (AvgIpc) is 2.26. The number of ketones is 1. The summed E-state index contributed by atoms with van der Waals surface area (Å²) in [7, 11) is 0. The highest BCUT2D eigenvalue weighted by Crippen LogP contribution is 2.10. The first-order valence-electron chi connectivity index (χ1n) is 5.27. The Bertz CT molecular complexity index is 584. The van der Waals surface area contributed by atoms with Gasteiger partial charge in [-0.3, -0.25) is 4.79 Å². The van der Waals surface area contributed by atoms with Gasteiger partial charge in [-0.05, 0) is 30.9 Å². The Labute approximate surface area is 93.1 Å². The van der Waals surface area contributed by atoms with Crippen LogP contribution in [0, 0.1) is 0 Å². The van der Waals surface area contributed by atoms with Crippen LogP contribution in [0.5, 0.6) is 0 Å². The van der Waals surface area contributed by atoms with Gasteiger partial charge in [-0.2, -0.15) is 0 Å². The van der Waals surface area contributed by atoms with Gasteiger partial charge in [-0.25, -0.2) is 0 Å². The summed E-state index contributed by atoms with van der Waals surface area (Å²) in [6.07, 6.45) is 0.928. The van der Waals surface area contributed by atoms with Crippen LogP contribution in [0.15, 0.2) is 35.1 Å². The molecule has 82 valence electrons. The highest BCUT2D eigenvalue weighted by molar-refractivity contribution is 5.79. The Morgan fingerprint density at radius 3 is 2.81 bits per heavy atom. The molecule has 0 amide bonds. The molecule has 2 aromatic rings. The third kappa shape index (κ3) is 2.19. The number of para-hydroxylation sites is 1. The number of nitrogens with one attached hydrogen (secondary N) is 1. The lowest BCUT2D eigenvalue weighted by molar-refractivity contribution is -0.116. The number of rotatable bonds is 3. The highest BCUT2D eigenvalue weighted by atomic mass is 16.1. The van der Waals surface area contributed by atoms with Crippen LogP contribution in [-0.4, -0.2) is 10.8 Å². The maximum absolute atomic E-state index is 11.7. The maximum atomic E-state index is 11.7. The van der Waals surface area contributed by atoms with Gasteiger partial charge in [0, 0.05) is 17.5 Å². The van der Waals surface area contributed by atoms with E-state index in [1.807, 2.05) is 30.3 Å². The first-order chi connectivity index (χ1) is 7.66. The van der Waals surface area contributed by atoms with Gasteiger partial charge in [0.15, 0.2) is 0 Å².